The molecule has 1 aromatic rings. The number of carbonyl (C=O) groups excluding carboxylic acids is 1. The van der Waals surface area contributed by atoms with Crippen molar-refractivity contribution in [1.29, 1.82) is 0 Å². The van der Waals surface area contributed by atoms with E-state index in [1.807, 2.05) is 31.2 Å². The number of carbonyl (C=O) groups is 2. The topological polar surface area (TPSA) is 84.9 Å². The first-order valence-electron chi connectivity index (χ1n) is 6.84. The van der Waals surface area contributed by atoms with Gasteiger partial charge in [0.05, 0.1) is 13.2 Å². The number of hydrogen-bond acceptors (Lipinski definition) is 4. The van der Waals surface area contributed by atoms with Gasteiger partial charge in [-0.25, -0.2) is 4.79 Å². The Labute approximate surface area is 123 Å². The lowest BCUT2D eigenvalue weighted by molar-refractivity contribution is -0.151. The molecule has 6 heteroatoms. The highest BCUT2D eigenvalue weighted by atomic mass is 16.5. The number of hydrogen-bond donors (Lipinski definition) is 2. The summed E-state index contributed by atoms with van der Waals surface area (Å²) in [6.45, 7) is 1.86. The zero-order valence-electron chi connectivity index (χ0n) is 12.0. The summed E-state index contributed by atoms with van der Waals surface area (Å²) < 4.78 is 10.3. The fourth-order valence-electron chi connectivity index (χ4n) is 2.29. The van der Waals surface area contributed by atoms with Gasteiger partial charge in [0.25, 0.3) is 0 Å². The van der Waals surface area contributed by atoms with Gasteiger partial charge in [-0.1, -0.05) is 12.1 Å². The van der Waals surface area contributed by atoms with E-state index in [2.05, 4.69) is 5.32 Å². The van der Waals surface area contributed by atoms with Crippen LogP contribution < -0.4 is 10.1 Å². The molecule has 2 rings (SSSR count). The number of benzene rings is 1. The largest absolute Gasteiger partial charge is 0.497 e. The highest BCUT2D eigenvalue weighted by Gasteiger charge is 2.35. The molecule has 1 saturated heterocycles. The second-order valence-corrected chi connectivity index (χ2v) is 5.03. The molecule has 1 aromatic carbocycles. The Bertz CT molecular complexity index is 513. The lowest BCUT2D eigenvalue weighted by Crippen LogP contribution is -2.37. The highest BCUT2D eigenvalue weighted by Crippen LogP contribution is 2.22. The van der Waals surface area contributed by atoms with Crippen LogP contribution in [0.5, 0.6) is 5.75 Å². The Morgan fingerprint density at radius 1 is 1.29 bits per heavy atom. The van der Waals surface area contributed by atoms with Gasteiger partial charge in [-0.2, -0.15) is 0 Å². The maximum atomic E-state index is 12.1. The Morgan fingerprint density at radius 3 is 2.43 bits per heavy atom. The third kappa shape index (κ3) is 3.72. The van der Waals surface area contributed by atoms with Crippen molar-refractivity contribution in [2.75, 3.05) is 7.11 Å². The van der Waals surface area contributed by atoms with Gasteiger partial charge >= 0.3 is 5.97 Å². The van der Waals surface area contributed by atoms with Crippen molar-refractivity contribution < 1.29 is 24.2 Å². The first-order valence-corrected chi connectivity index (χ1v) is 6.84. The number of ether oxygens (including phenoxy) is 2. The van der Waals surface area contributed by atoms with Crippen LogP contribution in [0.4, 0.5) is 0 Å². The van der Waals surface area contributed by atoms with Crippen molar-refractivity contribution in [3.8, 4) is 5.75 Å². The highest BCUT2D eigenvalue weighted by molar-refractivity contribution is 5.83. The van der Waals surface area contributed by atoms with Gasteiger partial charge in [0.2, 0.25) is 5.91 Å². The minimum atomic E-state index is -1.02. The Balaban J connectivity index is 1.91. The van der Waals surface area contributed by atoms with E-state index in [1.165, 1.54) is 0 Å². The number of amides is 1. The minimum absolute atomic E-state index is 0.184. The van der Waals surface area contributed by atoms with E-state index in [4.69, 9.17) is 14.6 Å². The maximum Gasteiger partial charge on any atom is 0.332 e. The SMILES string of the molecule is COc1ccc([C@@H](C)NC(=O)C2CCC(C(=O)O)O2)cc1. The van der Waals surface area contributed by atoms with E-state index in [9.17, 15) is 9.59 Å². The third-order valence-electron chi connectivity index (χ3n) is 3.56. The number of methoxy groups -OCH3 is 1. The second kappa shape index (κ2) is 6.58. The molecule has 0 saturated carbocycles. The molecule has 1 aliphatic heterocycles. The minimum Gasteiger partial charge on any atom is -0.497 e. The van der Waals surface area contributed by atoms with Crippen molar-refractivity contribution >= 4 is 11.9 Å². The summed E-state index contributed by atoms with van der Waals surface area (Å²) in [5, 5.41) is 11.7. The van der Waals surface area contributed by atoms with Crippen LogP contribution in [0.3, 0.4) is 0 Å². The smallest absolute Gasteiger partial charge is 0.332 e. The van der Waals surface area contributed by atoms with Gasteiger partial charge in [0, 0.05) is 0 Å². The fourth-order valence-corrected chi connectivity index (χ4v) is 2.29. The molecule has 1 fully saturated rings. The Hall–Kier alpha value is -2.08. The summed E-state index contributed by atoms with van der Waals surface area (Å²) in [5.41, 5.74) is 0.942. The predicted molar refractivity (Wildman–Crippen MR) is 75.1 cm³/mol. The van der Waals surface area contributed by atoms with Crippen LogP contribution >= 0.6 is 0 Å². The molecule has 21 heavy (non-hydrogen) atoms. The molecule has 0 bridgehead atoms. The van der Waals surface area contributed by atoms with Gasteiger partial charge in [-0.05, 0) is 37.5 Å². The molecule has 1 aliphatic rings. The second-order valence-electron chi connectivity index (χ2n) is 5.03. The van der Waals surface area contributed by atoms with Crippen LogP contribution in [0.1, 0.15) is 31.4 Å². The molecular weight excluding hydrogens is 274 g/mol. The van der Waals surface area contributed by atoms with Crippen molar-refractivity contribution in [3.05, 3.63) is 29.8 Å². The summed E-state index contributed by atoms with van der Waals surface area (Å²) >= 11 is 0. The first-order chi connectivity index (χ1) is 10.0. The molecule has 3 atom stereocenters. The summed E-state index contributed by atoms with van der Waals surface area (Å²) in [4.78, 5) is 22.9. The summed E-state index contributed by atoms with van der Waals surface area (Å²) in [6, 6.07) is 7.21. The zero-order chi connectivity index (χ0) is 15.4. The van der Waals surface area contributed by atoms with Crippen molar-refractivity contribution in [3.63, 3.8) is 0 Å². The van der Waals surface area contributed by atoms with Gasteiger partial charge in [0.15, 0.2) is 6.10 Å². The number of carboxylic acid groups (broad SMARTS) is 1. The third-order valence-corrected chi connectivity index (χ3v) is 3.56. The van der Waals surface area contributed by atoms with E-state index in [0.29, 0.717) is 12.8 Å². The lowest BCUT2D eigenvalue weighted by Gasteiger charge is -2.18. The van der Waals surface area contributed by atoms with Crippen LogP contribution in [-0.4, -0.2) is 36.3 Å². The van der Waals surface area contributed by atoms with Crippen LogP contribution in [0, 0.1) is 0 Å². The molecule has 2 N–H and O–H groups in total. The summed E-state index contributed by atoms with van der Waals surface area (Å²) in [7, 11) is 1.59. The van der Waals surface area contributed by atoms with E-state index >= 15 is 0 Å². The molecule has 6 nitrogen and oxygen atoms in total. The van der Waals surface area contributed by atoms with Gasteiger partial charge < -0.3 is 19.9 Å². The summed E-state index contributed by atoms with van der Waals surface area (Å²) in [6.07, 6.45) is -0.772. The van der Waals surface area contributed by atoms with E-state index < -0.39 is 18.2 Å². The Morgan fingerprint density at radius 2 is 1.90 bits per heavy atom. The van der Waals surface area contributed by atoms with E-state index in [1.54, 1.807) is 7.11 Å². The maximum absolute atomic E-state index is 12.1. The molecular formula is C15H19NO5. The van der Waals surface area contributed by atoms with E-state index in [-0.39, 0.29) is 11.9 Å². The van der Waals surface area contributed by atoms with Crippen LogP contribution in [0.15, 0.2) is 24.3 Å². The quantitative estimate of drug-likeness (QED) is 0.859. The molecule has 1 heterocycles. The van der Waals surface area contributed by atoms with Crippen LogP contribution in [-0.2, 0) is 14.3 Å². The number of rotatable bonds is 5. The molecule has 114 valence electrons. The first kappa shape index (κ1) is 15.3. The molecule has 0 radical (unpaired) electrons. The lowest BCUT2D eigenvalue weighted by atomic mass is 10.1. The van der Waals surface area contributed by atoms with Gasteiger partial charge in [0.1, 0.15) is 11.9 Å². The van der Waals surface area contributed by atoms with Crippen molar-refractivity contribution in [2.45, 2.75) is 38.0 Å². The number of aliphatic carboxylic acids is 1. The number of nitrogens with one attached hydrogen (secondary N) is 1. The molecule has 0 aromatic heterocycles. The van der Waals surface area contributed by atoms with E-state index in [0.717, 1.165) is 11.3 Å². The molecule has 2 unspecified atom stereocenters. The molecule has 0 aliphatic carbocycles. The van der Waals surface area contributed by atoms with Crippen LogP contribution in [0.25, 0.3) is 0 Å². The monoisotopic (exact) mass is 293 g/mol. The summed E-state index contributed by atoms with van der Waals surface area (Å²) in [5.74, 6) is -0.545. The zero-order valence-corrected chi connectivity index (χ0v) is 12.0. The van der Waals surface area contributed by atoms with Crippen molar-refractivity contribution in [1.82, 2.24) is 5.32 Å². The average Bonchev–Trinajstić information content (AvgIpc) is 2.97. The molecule has 1 amide bonds. The standard InChI is InChI=1S/C15H19NO5/c1-9(10-3-5-11(20-2)6-4-10)16-14(17)12-7-8-13(21-12)15(18)19/h3-6,9,12-13H,7-8H2,1-2H3,(H,16,17)(H,18,19)/t9-,12?,13?/m1/s1. The predicted octanol–water partition coefficient (Wildman–Crippen LogP) is 1.50. The Kier molecular flexibility index (Phi) is 4.80. The molecule has 0 spiro atoms. The average molecular weight is 293 g/mol. The normalized spacial score (nSPS) is 22.6. The van der Waals surface area contributed by atoms with Crippen molar-refractivity contribution in [2.24, 2.45) is 0 Å². The number of carboxylic acids is 1. The fraction of sp³-hybridized carbons (Fsp3) is 0.467. The van der Waals surface area contributed by atoms with Gasteiger partial charge in [-0.15, -0.1) is 0 Å². The van der Waals surface area contributed by atoms with Gasteiger partial charge in [-0.3, -0.25) is 4.79 Å². The van der Waals surface area contributed by atoms with Crippen LogP contribution in [0.2, 0.25) is 0 Å².